The molecule has 0 aliphatic heterocycles. The van der Waals surface area contributed by atoms with E-state index in [-0.39, 0.29) is 4.90 Å². The van der Waals surface area contributed by atoms with Crippen molar-refractivity contribution >= 4 is 10.0 Å². The molecule has 29 heavy (non-hydrogen) atoms. The fourth-order valence-electron chi connectivity index (χ4n) is 3.37. The van der Waals surface area contributed by atoms with Gasteiger partial charge in [0.15, 0.2) is 5.82 Å². The van der Waals surface area contributed by atoms with Gasteiger partial charge in [0.25, 0.3) is 0 Å². The summed E-state index contributed by atoms with van der Waals surface area (Å²) in [4.78, 5) is 0.221. The van der Waals surface area contributed by atoms with Crippen LogP contribution in [0.4, 0.5) is 0 Å². The van der Waals surface area contributed by atoms with Crippen LogP contribution in [0.3, 0.4) is 0 Å². The molecule has 2 aromatic heterocycles. The summed E-state index contributed by atoms with van der Waals surface area (Å²) in [6.07, 6.45) is 3.16. The number of nitrogens with one attached hydrogen (secondary N) is 1. The van der Waals surface area contributed by atoms with Crippen molar-refractivity contribution in [3.05, 3.63) is 53.3 Å². The van der Waals surface area contributed by atoms with Crippen molar-refractivity contribution in [1.82, 2.24) is 24.7 Å². The monoisotopic (exact) mass is 411 g/mol. The van der Waals surface area contributed by atoms with Crippen molar-refractivity contribution < 1.29 is 8.42 Å². The Morgan fingerprint density at radius 1 is 1.07 bits per heavy atom. The third-order valence-electron chi connectivity index (χ3n) is 5.28. The van der Waals surface area contributed by atoms with Gasteiger partial charge in [0.1, 0.15) is 4.90 Å². The summed E-state index contributed by atoms with van der Waals surface area (Å²) in [5, 5.41) is 13.0. The number of benzene rings is 1. The Kier molecular flexibility index (Phi) is 5.23. The minimum atomic E-state index is -3.60. The van der Waals surface area contributed by atoms with Crippen molar-refractivity contribution in [2.24, 2.45) is 5.92 Å². The highest BCUT2D eigenvalue weighted by Crippen LogP contribution is 2.29. The van der Waals surface area contributed by atoms with Gasteiger partial charge in [-0.25, -0.2) is 17.8 Å². The lowest BCUT2D eigenvalue weighted by atomic mass is 10.1. The number of hydrogen-bond acceptors (Lipinski definition) is 5. The summed E-state index contributed by atoms with van der Waals surface area (Å²) in [7, 11) is -3.60. The molecule has 1 saturated carbocycles. The topological polar surface area (TPSA) is 89.8 Å². The Balaban J connectivity index is 1.61. The van der Waals surface area contributed by atoms with Crippen molar-refractivity contribution in [2.45, 2.75) is 44.9 Å². The molecule has 1 N–H and O–H groups in total. The Morgan fingerprint density at radius 2 is 1.79 bits per heavy atom. The van der Waals surface area contributed by atoms with Gasteiger partial charge < -0.3 is 0 Å². The summed E-state index contributed by atoms with van der Waals surface area (Å²) >= 11 is 0. The summed E-state index contributed by atoms with van der Waals surface area (Å²) < 4.78 is 29.7. The van der Waals surface area contributed by atoms with E-state index in [9.17, 15) is 8.42 Å². The maximum atomic E-state index is 12.7. The average Bonchev–Trinajstić information content (AvgIpc) is 3.50. The van der Waals surface area contributed by atoms with E-state index in [1.165, 1.54) is 10.2 Å². The van der Waals surface area contributed by atoms with E-state index in [2.05, 4.69) is 39.1 Å². The van der Waals surface area contributed by atoms with Gasteiger partial charge in [-0.3, -0.25) is 0 Å². The zero-order valence-electron chi connectivity index (χ0n) is 16.9. The van der Waals surface area contributed by atoms with E-state index in [1.54, 1.807) is 13.8 Å². The maximum Gasteiger partial charge on any atom is 0.244 e. The third kappa shape index (κ3) is 4.09. The molecule has 1 fully saturated rings. The fourth-order valence-corrected chi connectivity index (χ4v) is 4.87. The minimum Gasteiger partial charge on any atom is -0.216 e. The van der Waals surface area contributed by atoms with Crippen LogP contribution in [0.25, 0.3) is 17.1 Å². The zero-order chi connectivity index (χ0) is 20.6. The largest absolute Gasteiger partial charge is 0.244 e. The molecule has 4 rings (SSSR count). The Labute approximate surface area is 171 Å². The molecule has 1 aliphatic rings. The highest BCUT2D eigenvalue weighted by Gasteiger charge is 2.28. The van der Waals surface area contributed by atoms with Crippen LogP contribution in [0.2, 0.25) is 0 Å². The molecule has 3 aromatic rings. The first-order chi connectivity index (χ1) is 13.9. The van der Waals surface area contributed by atoms with Crippen molar-refractivity contribution in [3.63, 3.8) is 0 Å². The Morgan fingerprint density at radius 3 is 2.38 bits per heavy atom. The van der Waals surface area contributed by atoms with Gasteiger partial charge in [-0.1, -0.05) is 31.2 Å². The number of rotatable bonds is 7. The van der Waals surface area contributed by atoms with Crippen LogP contribution in [0.1, 0.15) is 36.7 Å². The standard InChI is InChI=1S/C21H25N5O2S/c1-4-16-7-9-18(10-8-16)19-11-12-20(24-23-19)26-15(3)21(14(2)25-26)29(27,28)22-13-17-5-6-17/h7-12,17,22H,4-6,13H2,1-3H3. The van der Waals surface area contributed by atoms with Crippen LogP contribution in [-0.2, 0) is 16.4 Å². The van der Waals surface area contributed by atoms with E-state index < -0.39 is 10.0 Å². The molecular weight excluding hydrogens is 386 g/mol. The smallest absolute Gasteiger partial charge is 0.216 e. The second-order valence-electron chi connectivity index (χ2n) is 7.53. The molecule has 0 radical (unpaired) electrons. The number of nitrogens with zero attached hydrogens (tertiary/aromatic N) is 4. The predicted molar refractivity (Wildman–Crippen MR) is 111 cm³/mol. The molecule has 1 aliphatic carbocycles. The van der Waals surface area contributed by atoms with E-state index in [4.69, 9.17) is 0 Å². The lowest BCUT2D eigenvalue weighted by molar-refractivity contribution is 0.576. The number of aromatic nitrogens is 4. The Bertz CT molecular complexity index is 1120. The highest BCUT2D eigenvalue weighted by atomic mass is 32.2. The predicted octanol–water partition coefficient (Wildman–Crippen LogP) is 3.20. The molecule has 0 unspecified atom stereocenters. The molecule has 0 bridgehead atoms. The van der Waals surface area contributed by atoms with Crippen molar-refractivity contribution in [2.75, 3.05) is 6.54 Å². The van der Waals surface area contributed by atoms with Crippen molar-refractivity contribution in [1.29, 1.82) is 0 Å². The molecule has 8 heteroatoms. The third-order valence-corrected chi connectivity index (χ3v) is 6.95. The maximum absolute atomic E-state index is 12.7. The van der Waals surface area contributed by atoms with E-state index in [1.807, 2.05) is 24.3 Å². The van der Waals surface area contributed by atoms with Gasteiger partial charge in [0, 0.05) is 12.1 Å². The van der Waals surface area contributed by atoms with Gasteiger partial charge in [-0.15, -0.1) is 10.2 Å². The fraction of sp³-hybridized carbons (Fsp3) is 0.381. The molecule has 0 spiro atoms. The quantitative estimate of drug-likeness (QED) is 0.645. The molecule has 0 amide bonds. The minimum absolute atomic E-state index is 0.221. The summed E-state index contributed by atoms with van der Waals surface area (Å²) in [6.45, 7) is 6.04. The first-order valence-electron chi connectivity index (χ1n) is 9.88. The number of sulfonamides is 1. The number of aryl methyl sites for hydroxylation is 2. The lowest BCUT2D eigenvalue weighted by Crippen LogP contribution is -2.26. The molecule has 1 aromatic carbocycles. The second-order valence-corrected chi connectivity index (χ2v) is 9.24. The first-order valence-corrected chi connectivity index (χ1v) is 11.4. The van der Waals surface area contributed by atoms with Gasteiger partial charge in [-0.05, 0) is 56.7 Å². The van der Waals surface area contributed by atoms with E-state index >= 15 is 0 Å². The van der Waals surface area contributed by atoms with E-state index in [0.29, 0.717) is 29.7 Å². The van der Waals surface area contributed by atoms with E-state index in [0.717, 1.165) is 30.5 Å². The summed E-state index contributed by atoms with van der Waals surface area (Å²) in [5.41, 5.74) is 4.00. The van der Waals surface area contributed by atoms with Gasteiger partial charge in [0.2, 0.25) is 10.0 Å². The van der Waals surface area contributed by atoms with Gasteiger partial charge in [0.05, 0.1) is 17.1 Å². The molecular formula is C21H25N5O2S. The SMILES string of the molecule is CCc1ccc(-c2ccc(-n3nc(C)c(S(=O)(=O)NCC4CC4)c3C)nn2)cc1. The molecule has 152 valence electrons. The summed E-state index contributed by atoms with van der Waals surface area (Å²) in [5.74, 6) is 0.952. The zero-order valence-corrected chi connectivity index (χ0v) is 17.7. The molecule has 7 nitrogen and oxygen atoms in total. The van der Waals surface area contributed by atoms with Crippen LogP contribution < -0.4 is 4.72 Å². The normalized spacial score (nSPS) is 14.3. The van der Waals surface area contributed by atoms with Crippen LogP contribution >= 0.6 is 0 Å². The van der Waals surface area contributed by atoms with Gasteiger partial charge in [-0.2, -0.15) is 5.10 Å². The summed E-state index contributed by atoms with van der Waals surface area (Å²) in [6, 6.07) is 11.9. The molecule has 2 heterocycles. The van der Waals surface area contributed by atoms with Crippen molar-refractivity contribution in [3.8, 4) is 17.1 Å². The average molecular weight is 412 g/mol. The highest BCUT2D eigenvalue weighted by molar-refractivity contribution is 7.89. The van der Waals surface area contributed by atoms with Crippen LogP contribution in [0.15, 0.2) is 41.3 Å². The first kappa shape index (κ1) is 19.7. The van der Waals surface area contributed by atoms with Crippen LogP contribution in [-0.4, -0.2) is 34.9 Å². The lowest BCUT2D eigenvalue weighted by Gasteiger charge is -2.07. The Hall–Kier alpha value is -2.58. The second kappa shape index (κ2) is 7.68. The molecule has 0 saturated heterocycles. The number of hydrogen-bond donors (Lipinski definition) is 1. The van der Waals surface area contributed by atoms with Crippen LogP contribution in [0, 0.1) is 19.8 Å². The molecule has 0 atom stereocenters. The van der Waals surface area contributed by atoms with Crippen LogP contribution in [0.5, 0.6) is 0 Å². The van der Waals surface area contributed by atoms with Gasteiger partial charge >= 0.3 is 0 Å².